The molecule has 0 unspecified atom stereocenters. The molecule has 0 saturated carbocycles. The molecule has 4 nitrogen and oxygen atoms in total. The highest BCUT2D eigenvalue weighted by Crippen LogP contribution is 2.20. The Hall–Kier alpha value is -0.610. The Morgan fingerprint density at radius 1 is 0.950 bits per heavy atom. The Bertz CT molecular complexity index is 275. The van der Waals surface area contributed by atoms with E-state index in [4.69, 9.17) is 4.74 Å². The topological polar surface area (TPSA) is 62.1 Å². The molecule has 0 aromatic heterocycles. The lowest BCUT2D eigenvalue weighted by atomic mass is 10.1. The van der Waals surface area contributed by atoms with Crippen molar-refractivity contribution >= 4 is 5.90 Å². The second-order valence-electron chi connectivity index (χ2n) is 5.91. The number of hydrogen-bond acceptors (Lipinski definition) is 4. The Labute approximate surface area is 123 Å². The van der Waals surface area contributed by atoms with Crippen LogP contribution in [0.4, 0.5) is 0 Å². The molecule has 0 radical (unpaired) electrons. The number of rotatable bonds is 12. The van der Waals surface area contributed by atoms with Crippen LogP contribution in [0.5, 0.6) is 0 Å². The van der Waals surface area contributed by atoms with Crippen molar-refractivity contribution in [2.75, 3.05) is 19.8 Å². The molecule has 0 bridgehead atoms. The number of nitrogens with zero attached hydrogens (tertiary/aromatic N) is 1. The molecule has 0 atom stereocenters. The van der Waals surface area contributed by atoms with Gasteiger partial charge in [-0.05, 0) is 6.42 Å². The Balaban J connectivity index is 1.99. The minimum atomic E-state index is -0.783. The molecule has 0 amide bonds. The SMILES string of the molecule is CCCCCCCCCCCC1=NC(CO)(CO)CO1. The molecule has 0 saturated heterocycles. The van der Waals surface area contributed by atoms with Crippen molar-refractivity contribution in [3.05, 3.63) is 0 Å². The maximum atomic E-state index is 9.22. The van der Waals surface area contributed by atoms with Gasteiger partial charge >= 0.3 is 0 Å². The predicted molar refractivity (Wildman–Crippen MR) is 82.1 cm³/mol. The molecular weight excluding hydrogens is 254 g/mol. The molecule has 1 aliphatic heterocycles. The van der Waals surface area contributed by atoms with Crippen molar-refractivity contribution in [1.29, 1.82) is 0 Å². The average Bonchev–Trinajstić information content (AvgIpc) is 2.90. The zero-order chi connectivity index (χ0) is 14.7. The predicted octanol–water partition coefficient (Wildman–Crippen LogP) is 3.06. The molecule has 0 aromatic carbocycles. The second kappa shape index (κ2) is 10.2. The second-order valence-corrected chi connectivity index (χ2v) is 5.91. The zero-order valence-corrected chi connectivity index (χ0v) is 12.9. The molecule has 0 aromatic rings. The van der Waals surface area contributed by atoms with Crippen molar-refractivity contribution in [3.63, 3.8) is 0 Å². The van der Waals surface area contributed by atoms with Crippen LogP contribution >= 0.6 is 0 Å². The summed E-state index contributed by atoms with van der Waals surface area (Å²) in [6.07, 6.45) is 12.5. The molecule has 118 valence electrons. The third kappa shape index (κ3) is 6.23. The lowest BCUT2D eigenvalue weighted by Crippen LogP contribution is -2.37. The zero-order valence-electron chi connectivity index (χ0n) is 12.9. The fourth-order valence-corrected chi connectivity index (χ4v) is 2.47. The van der Waals surface area contributed by atoms with Gasteiger partial charge in [-0.1, -0.05) is 58.3 Å². The summed E-state index contributed by atoms with van der Waals surface area (Å²) in [6, 6.07) is 0. The van der Waals surface area contributed by atoms with Crippen LogP contribution in [0.1, 0.15) is 71.1 Å². The third-order valence-corrected chi connectivity index (χ3v) is 3.95. The van der Waals surface area contributed by atoms with E-state index in [1.54, 1.807) is 0 Å². The van der Waals surface area contributed by atoms with E-state index >= 15 is 0 Å². The van der Waals surface area contributed by atoms with Crippen molar-refractivity contribution in [2.45, 2.75) is 76.7 Å². The van der Waals surface area contributed by atoms with Gasteiger partial charge < -0.3 is 14.9 Å². The van der Waals surface area contributed by atoms with Gasteiger partial charge in [0.15, 0.2) is 5.90 Å². The molecule has 0 aliphatic carbocycles. The molecule has 1 rings (SSSR count). The Kier molecular flexibility index (Phi) is 8.86. The van der Waals surface area contributed by atoms with Gasteiger partial charge in [0.25, 0.3) is 0 Å². The molecule has 1 aliphatic rings. The van der Waals surface area contributed by atoms with Crippen LogP contribution < -0.4 is 0 Å². The number of ether oxygens (including phenoxy) is 1. The van der Waals surface area contributed by atoms with Crippen LogP contribution in [0.2, 0.25) is 0 Å². The van der Waals surface area contributed by atoms with E-state index in [2.05, 4.69) is 11.9 Å². The van der Waals surface area contributed by atoms with Crippen LogP contribution in [0.15, 0.2) is 4.99 Å². The number of aliphatic hydroxyl groups excluding tert-OH is 2. The van der Waals surface area contributed by atoms with Gasteiger partial charge in [0.1, 0.15) is 12.1 Å². The van der Waals surface area contributed by atoms with E-state index in [1.165, 1.54) is 51.4 Å². The summed E-state index contributed by atoms with van der Waals surface area (Å²) in [4.78, 5) is 4.32. The van der Waals surface area contributed by atoms with Crippen LogP contribution in [0.3, 0.4) is 0 Å². The van der Waals surface area contributed by atoms with E-state index in [9.17, 15) is 10.2 Å². The monoisotopic (exact) mass is 285 g/mol. The van der Waals surface area contributed by atoms with Crippen LogP contribution in [0, 0.1) is 0 Å². The largest absolute Gasteiger partial charge is 0.478 e. The minimum Gasteiger partial charge on any atom is -0.478 e. The summed E-state index contributed by atoms with van der Waals surface area (Å²) in [5.74, 6) is 0.705. The fraction of sp³-hybridized carbons (Fsp3) is 0.938. The first-order valence-corrected chi connectivity index (χ1v) is 8.19. The number of unbranched alkanes of at least 4 members (excludes halogenated alkanes) is 8. The van der Waals surface area contributed by atoms with Gasteiger partial charge in [0.05, 0.1) is 13.2 Å². The third-order valence-electron chi connectivity index (χ3n) is 3.95. The number of aliphatic imine (C=N–C) groups is 1. The first kappa shape index (κ1) is 17.4. The summed E-state index contributed by atoms with van der Waals surface area (Å²) in [6.45, 7) is 2.26. The van der Waals surface area contributed by atoms with Gasteiger partial charge in [-0.2, -0.15) is 0 Å². The molecule has 1 heterocycles. The summed E-state index contributed by atoms with van der Waals surface area (Å²) in [5.41, 5.74) is -0.783. The van der Waals surface area contributed by atoms with Gasteiger partial charge in [0, 0.05) is 6.42 Å². The first-order valence-electron chi connectivity index (χ1n) is 8.19. The molecule has 0 spiro atoms. The van der Waals surface area contributed by atoms with E-state index < -0.39 is 5.54 Å². The maximum absolute atomic E-state index is 9.22. The molecule has 4 heteroatoms. The van der Waals surface area contributed by atoms with Gasteiger partial charge in [-0.25, -0.2) is 4.99 Å². The molecule has 20 heavy (non-hydrogen) atoms. The van der Waals surface area contributed by atoms with E-state index in [0.29, 0.717) is 12.5 Å². The lowest BCUT2D eigenvalue weighted by Gasteiger charge is -2.16. The average molecular weight is 285 g/mol. The standard InChI is InChI=1S/C16H31NO3/c1-2-3-4-5-6-7-8-9-10-11-15-17-16(12-18,13-19)14-20-15/h18-19H,2-14H2,1H3. The van der Waals surface area contributed by atoms with Gasteiger partial charge in [-0.3, -0.25) is 0 Å². The van der Waals surface area contributed by atoms with Crippen molar-refractivity contribution < 1.29 is 14.9 Å². The smallest absolute Gasteiger partial charge is 0.184 e. The highest BCUT2D eigenvalue weighted by Gasteiger charge is 2.35. The molecule has 2 N–H and O–H groups in total. The number of aliphatic hydroxyl groups is 2. The number of hydrogen-bond donors (Lipinski definition) is 2. The highest BCUT2D eigenvalue weighted by molar-refractivity contribution is 5.78. The summed E-state index contributed by atoms with van der Waals surface area (Å²) in [7, 11) is 0. The normalized spacial score (nSPS) is 17.1. The van der Waals surface area contributed by atoms with E-state index in [1.807, 2.05) is 0 Å². The highest BCUT2D eigenvalue weighted by atomic mass is 16.5. The van der Waals surface area contributed by atoms with Crippen LogP contribution in [-0.2, 0) is 4.74 Å². The van der Waals surface area contributed by atoms with E-state index in [0.717, 1.165) is 12.8 Å². The van der Waals surface area contributed by atoms with Crippen molar-refractivity contribution in [1.82, 2.24) is 0 Å². The Morgan fingerprint density at radius 3 is 2.00 bits per heavy atom. The maximum Gasteiger partial charge on any atom is 0.184 e. The van der Waals surface area contributed by atoms with Crippen LogP contribution in [-0.4, -0.2) is 41.5 Å². The van der Waals surface area contributed by atoms with Gasteiger partial charge in [-0.15, -0.1) is 0 Å². The van der Waals surface area contributed by atoms with Crippen molar-refractivity contribution in [3.8, 4) is 0 Å². The summed E-state index contributed by atoms with van der Waals surface area (Å²) in [5, 5.41) is 18.4. The summed E-state index contributed by atoms with van der Waals surface area (Å²) >= 11 is 0. The molecular formula is C16H31NO3. The fourth-order valence-electron chi connectivity index (χ4n) is 2.47. The Morgan fingerprint density at radius 2 is 1.50 bits per heavy atom. The van der Waals surface area contributed by atoms with E-state index in [-0.39, 0.29) is 13.2 Å². The first-order chi connectivity index (χ1) is 9.76. The van der Waals surface area contributed by atoms with Crippen LogP contribution in [0.25, 0.3) is 0 Å². The molecule has 0 fully saturated rings. The quantitative estimate of drug-likeness (QED) is 0.542. The van der Waals surface area contributed by atoms with Gasteiger partial charge in [0.2, 0.25) is 0 Å². The minimum absolute atomic E-state index is 0.148. The summed E-state index contributed by atoms with van der Waals surface area (Å²) < 4.78 is 5.45. The lowest BCUT2D eigenvalue weighted by molar-refractivity contribution is 0.0972. The van der Waals surface area contributed by atoms with Crippen molar-refractivity contribution in [2.24, 2.45) is 4.99 Å².